The Morgan fingerprint density at radius 1 is 1.10 bits per heavy atom. The first-order valence-corrected chi connectivity index (χ1v) is 9.49. The molecule has 4 rings (SSSR count). The molecule has 1 aliphatic heterocycles. The van der Waals surface area contributed by atoms with Crippen molar-refractivity contribution in [3.8, 4) is 0 Å². The maximum atomic E-state index is 12.9. The van der Waals surface area contributed by atoms with E-state index in [-0.39, 0.29) is 29.8 Å². The number of fused-ring (bicyclic) bond motifs is 1. The first-order valence-electron chi connectivity index (χ1n) is 9.49. The first-order chi connectivity index (χ1) is 14.3. The number of carbonyl (C=O) groups is 1. The van der Waals surface area contributed by atoms with Gasteiger partial charge in [0.05, 0.1) is 23.7 Å². The van der Waals surface area contributed by atoms with Crippen LogP contribution in [-0.4, -0.2) is 45.4 Å². The van der Waals surface area contributed by atoms with Gasteiger partial charge in [-0.3, -0.25) is 9.69 Å². The number of alkyl halides is 3. The van der Waals surface area contributed by atoms with Crippen LogP contribution in [0.25, 0.3) is 11.0 Å². The van der Waals surface area contributed by atoms with Crippen molar-refractivity contribution in [2.24, 2.45) is 0 Å². The Labute approximate surface area is 169 Å². The van der Waals surface area contributed by atoms with Gasteiger partial charge in [-0.15, -0.1) is 5.10 Å². The van der Waals surface area contributed by atoms with Gasteiger partial charge in [0.2, 0.25) is 5.91 Å². The lowest BCUT2D eigenvalue weighted by Gasteiger charge is -2.31. The lowest BCUT2D eigenvalue weighted by molar-refractivity contribution is -0.137. The summed E-state index contributed by atoms with van der Waals surface area (Å²) in [5.41, 5.74) is 0.564. The fourth-order valence-corrected chi connectivity index (χ4v) is 3.65. The van der Waals surface area contributed by atoms with Gasteiger partial charge < -0.3 is 5.32 Å². The quantitative estimate of drug-likeness (QED) is 0.650. The van der Waals surface area contributed by atoms with Gasteiger partial charge >= 0.3 is 6.18 Å². The Balaban J connectivity index is 1.35. The summed E-state index contributed by atoms with van der Waals surface area (Å²) in [5.74, 6) is -0.559. The van der Waals surface area contributed by atoms with Crippen LogP contribution in [0.1, 0.15) is 24.4 Å². The van der Waals surface area contributed by atoms with Crippen molar-refractivity contribution in [1.29, 1.82) is 0 Å². The van der Waals surface area contributed by atoms with E-state index in [1.807, 2.05) is 4.90 Å². The number of nitrogens with zero attached hydrogens (tertiary/aromatic N) is 4. The number of aromatic nitrogens is 3. The molecule has 0 atom stereocenters. The number of likely N-dealkylation sites (tertiary alicyclic amines) is 1. The number of hydrogen-bond donors (Lipinski definition) is 1. The van der Waals surface area contributed by atoms with Gasteiger partial charge in [-0.1, -0.05) is 5.21 Å². The zero-order valence-electron chi connectivity index (χ0n) is 15.9. The molecule has 1 aromatic heterocycles. The highest BCUT2D eigenvalue weighted by Crippen LogP contribution is 2.32. The van der Waals surface area contributed by atoms with Gasteiger partial charge in [0, 0.05) is 18.8 Å². The number of benzene rings is 2. The summed E-state index contributed by atoms with van der Waals surface area (Å²) in [6.07, 6.45) is -3.02. The number of hydrogen-bond acceptors (Lipinski definition) is 4. The molecule has 2 aromatic carbocycles. The third kappa shape index (κ3) is 4.43. The Morgan fingerprint density at radius 2 is 1.80 bits per heavy atom. The van der Waals surface area contributed by atoms with E-state index in [2.05, 4.69) is 15.6 Å². The molecule has 0 radical (unpaired) electrons. The van der Waals surface area contributed by atoms with Gasteiger partial charge in [-0.05, 0) is 55.3 Å². The average molecular weight is 421 g/mol. The molecule has 0 saturated carbocycles. The predicted octanol–water partition coefficient (Wildman–Crippen LogP) is 3.86. The summed E-state index contributed by atoms with van der Waals surface area (Å²) in [6, 6.07) is 9.01. The van der Waals surface area contributed by atoms with Gasteiger partial charge in [0.1, 0.15) is 11.3 Å². The molecule has 1 aliphatic rings. The summed E-state index contributed by atoms with van der Waals surface area (Å²) < 4.78 is 53.2. The van der Waals surface area contributed by atoms with Crippen LogP contribution in [0.4, 0.5) is 23.2 Å². The molecule has 158 valence electrons. The second-order valence-electron chi connectivity index (χ2n) is 7.30. The highest BCUT2D eigenvalue weighted by molar-refractivity contribution is 5.92. The molecular weight excluding hydrogens is 402 g/mol. The molecule has 1 saturated heterocycles. The van der Waals surface area contributed by atoms with Crippen molar-refractivity contribution >= 4 is 22.6 Å². The van der Waals surface area contributed by atoms with Gasteiger partial charge in [0.15, 0.2) is 0 Å². The number of carbonyl (C=O) groups excluding carboxylic acids is 1. The van der Waals surface area contributed by atoms with E-state index in [4.69, 9.17) is 0 Å². The fraction of sp³-hybridized carbons (Fsp3) is 0.350. The van der Waals surface area contributed by atoms with Gasteiger partial charge in [0.25, 0.3) is 0 Å². The maximum absolute atomic E-state index is 12.9. The molecule has 6 nitrogen and oxygen atoms in total. The van der Waals surface area contributed by atoms with E-state index in [0.29, 0.717) is 37.1 Å². The van der Waals surface area contributed by atoms with E-state index in [0.717, 1.165) is 12.1 Å². The number of rotatable bonds is 4. The monoisotopic (exact) mass is 421 g/mol. The summed E-state index contributed by atoms with van der Waals surface area (Å²) in [7, 11) is 0. The molecule has 0 spiro atoms. The number of halogens is 4. The molecule has 0 bridgehead atoms. The lowest BCUT2D eigenvalue weighted by atomic mass is 10.0. The summed E-state index contributed by atoms with van der Waals surface area (Å²) in [6.45, 7) is 1.49. The van der Waals surface area contributed by atoms with Crippen LogP contribution in [0.15, 0.2) is 42.5 Å². The van der Waals surface area contributed by atoms with Crippen LogP contribution in [0.2, 0.25) is 0 Å². The minimum absolute atomic E-state index is 0.00291. The first kappa shape index (κ1) is 20.3. The molecule has 2 heterocycles. The topological polar surface area (TPSA) is 63.1 Å². The highest BCUT2D eigenvalue weighted by atomic mass is 19.4. The summed E-state index contributed by atoms with van der Waals surface area (Å²) in [4.78, 5) is 14.2. The van der Waals surface area contributed by atoms with Crippen LogP contribution >= 0.6 is 0 Å². The SMILES string of the molecule is O=C(CN1CCC(n2nnc3cc(C(F)(F)F)ccc32)CC1)Nc1ccc(F)cc1. The molecular formula is C20H19F4N5O. The van der Waals surface area contributed by atoms with Gasteiger partial charge in [-0.25, -0.2) is 9.07 Å². The molecule has 0 unspecified atom stereocenters. The minimum atomic E-state index is -4.42. The van der Waals surface area contributed by atoms with E-state index in [1.165, 1.54) is 30.3 Å². The minimum Gasteiger partial charge on any atom is -0.325 e. The maximum Gasteiger partial charge on any atom is 0.416 e. The van der Waals surface area contributed by atoms with Crippen molar-refractivity contribution < 1.29 is 22.4 Å². The standard InChI is InChI=1S/C20H19F4N5O/c21-14-2-4-15(5-3-14)25-19(30)12-28-9-7-16(8-10-28)29-18-6-1-13(20(22,23)24)11-17(18)26-27-29/h1-6,11,16H,7-10,12H2,(H,25,30). The van der Waals surface area contributed by atoms with Crippen molar-refractivity contribution in [3.63, 3.8) is 0 Å². The molecule has 30 heavy (non-hydrogen) atoms. The van der Waals surface area contributed by atoms with Crippen molar-refractivity contribution in [1.82, 2.24) is 19.9 Å². The van der Waals surface area contributed by atoms with E-state index in [9.17, 15) is 22.4 Å². The molecule has 1 N–H and O–H groups in total. The van der Waals surface area contributed by atoms with E-state index >= 15 is 0 Å². The second kappa shape index (κ2) is 8.02. The normalized spacial score (nSPS) is 16.1. The fourth-order valence-electron chi connectivity index (χ4n) is 3.65. The third-order valence-corrected chi connectivity index (χ3v) is 5.20. The smallest absolute Gasteiger partial charge is 0.325 e. The van der Waals surface area contributed by atoms with Crippen molar-refractivity contribution in [2.75, 3.05) is 25.0 Å². The van der Waals surface area contributed by atoms with Crippen LogP contribution in [0, 0.1) is 5.82 Å². The predicted molar refractivity (Wildman–Crippen MR) is 102 cm³/mol. The third-order valence-electron chi connectivity index (χ3n) is 5.20. The summed E-state index contributed by atoms with van der Waals surface area (Å²) >= 11 is 0. The lowest BCUT2D eigenvalue weighted by Crippen LogP contribution is -2.39. The Bertz CT molecular complexity index is 1040. The van der Waals surface area contributed by atoms with Crippen LogP contribution in [-0.2, 0) is 11.0 Å². The molecule has 3 aromatic rings. The highest BCUT2D eigenvalue weighted by Gasteiger charge is 2.31. The Morgan fingerprint density at radius 3 is 2.47 bits per heavy atom. The Hall–Kier alpha value is -3.01. The van der Waals surface area contributed by atoms with Crippen molar-refractivity contribution in [2.45, 2.75) is 25.1 Å². The van der Waals surface area contributed by atoms with Crippen LogP contribution in [0.5, 0.6) is 0 Å². The summed E-state index contributed by atoms with van der Waals surface area (Å²) in [5, 5.41) is 10.7. The number of piperidine rings is 1. The molecule has 0 aliphatic carbocycles. The zero-order valence-corrected chi connectivity index (χ0v) is 15.9. The largest absolute Gasteiger partial charge is 0.416 e. The van der Waals surface area contributed by atoms with E-state index < -0.39 is 11.7 Å². The average Bonchev–Trinajstić information content (AvgIpc) is 3.13. The van der Waals surface area contributed by atoms with Crippen LogP contribution in [0.3, 0.4) is 0 Å². The van der Waals surface area contributed by atoms with Crippen LogP contribution < -0.4 is 5.32 Å². The zero-order chi connectivity index (χ0) is 21.3. The van der Waals surface area contributed by atoms with Gasteiger partial charge in [-0.2, -0.15) is 13.2 Å². The molecule has 10 heteroatoms. The second-order valence-corrected chi connectivity index (χ2v) is 7.30. The number of amides is 1. The van der Waals surface area contributed by atoms with Crippen molar-refractivity contribution in [3.05, 3.63) is 53.8 Å². The number of anilines is 1. The molecule has 1 fully saturated rings. The molecule has 1 amide bonds. The number of nitrogens with one attached hydrogen (secondary N) is 1. The van der Waals surface area contributed by atoms with E-state index in [1.54, 1.807) is 4.68 Å². The Kier molecular flexibility index (Phi) is 5.42.